The van der Waals surface area contributed by atoms with Crippen LogP contribution in [0.1, 0.15) is 35.7 Å². The molecule has 0 atom stereocenters. The Labute approximate surface area is 109 Å². The fraction of sp³-hybridized carbons (Fsp3) is 0.500. The Morgan fingerprint density at radius 1 is 1.44 bits per heavy atom. The van der Waals surface area contributed by atoms with Gasteiger partial charge in [0.25, 0.3) is 0 Å². The molecule has 0 amide bonds. The van der Waals surface area contributed by atoms with Gasteiger partial charge in [0.1, 0.15) is 0 Å². The van der Waals surface area contributed by atoms with E-state index in [4.69, 9.17) is 10.5 Å². The van der Waals surface area contributed by atoms with Gasteiger partial charge in [0.2, 0.25) is 0 Å². The lowest BCUT2D eigenvalue weighted by atomic mass is 10.0. The van der Waals surface area contributed by atoms with Crippen LogP contribution in [0.3, 0.4) is 0 Å². The summed E-state index contributed by atoms with van der Waals surface area (Å²) in [6.45, 7) is 3.87. The molecule has 1 rings (SSSR count). The molecule has 100 valence electrons. The number of hydrogen-bond donors (Lipinski definition) is 1. The highest BCUT2D eigenvalue weighted by molar-refractivity contribution is 5.96. The molecule has 0 radical (unpaired) electrons. The van der Waals surface area contributed by atoms with Crippen molar-refractivity contribution in [3.63, 3.8) is 0 Å². The summed E-state index contributed by atoms with van der Waals surface area (Å²) in [6.07, 6.45) is 2.30. The van der Waals surface area contributed by atoms with Gasteiger partial charge in [-0.1, -0.05) is 25.5 Å². The summed E-state index contributed by atoms with van der Waals surface area (Å²) in [5.41, 5.74) is 7.74. The molecule has 0 saturated carbocycles. The summed E-state index contributed by atoms with van der Waals surface area (Å²) in [5, 5.41) is 0. The van der Waals surface area contributed by atoms with E-state index in [1.165, 1.54) is 7.11 Å². The van der Waals surface area contributed by atoms with Crippen LogP contribution >= 0.6 is 0 Å². The SMILES string of the molecule is CCCCN(C)Cc1cccc(N)c1C(=O)OC. The lowest BCUT2D eigenvalue weighted by Crippen LogP contribution is -2.21. The van der Waals surface area contributed by atoms with Gasteiger partial charge in [-0.25, -0.2) is 4.79 Å². The zero-order valence-corrected chi connectivity index (χ0v) is 11.4. The summed E-state index contributed by atoms with van der Waals surface area (Å²) < 4.78 is 4.78. The molecule has 18 heavy (non-hydrogen) atoms. The van der Waals surface area contributed by atoms with Crippen molar-refractivity contribution in [2.45, 2.75) is 26.3 Å². The van der Waals surface area contributed by atoms with Crippen LogP contribution in [0.5, 0.6) is 0 Å². The number of esters is 1. The van der Waals surface area contributed by atoms with Gasteiger partial charge >= 0.3 is 5.97 Å². The predicted molar refractivity (Wildman–Crippen MR) is 73.4 cm³/mol. The first kappa shape index (κ1) is 14.5. The van der Waals surface area contributed by atoms with E-state index in [2.05, 4.69) is 11.8 Å². The first-order valence-corrected chi connectivity index (χ1v) is 6.24. The number of nitrogens with zero attached hydrogens (tertiary/aromatic N) is 1. The van der Waals surface area contributed by atoms with Gasteiger partial charge in [0.15, 0.2) is 0 Å². The van der Waals surface area contributed by atoms with Crippen LogP contribution in [-0.2, 0) is 11.3 Å². The molecule has 0 spiro atoms. The van der Waals surface area contributed by atoms with Gasteiger partial charge in [0.05, 0.1) is 12.7 Å². The van der Waals surface area contributed by atoms with Crippen molar-refractivity contribution in [1.29, 1.82) is 0 Å². The molecule has 4 nitrogen and oxygen atoms in total. The van der Waals surface area contributed by atoms with Gasteiger partial charge in [0, 0.05) is 12.2 Å². The van der Waals surface area contributed by atoms with Gasteiger partial charge in [-0.2, -0.15) is 0 Å². The molecule has 0 aromatic heterocycles. The molecule has 0 bridgehead atoms. The van der Waals surface area contributed by atoms with E-state index in [0.29, 0.717) is 17.8 Å². The van der Waals surface area contributed by atoms with E-state index in [0.717, 1.165) is 24.9 Å². The number of anilines is 1. The van der Waals surface area contributed by atoms with Crippen LogP contribution in [0.25, 0.3) is 0 Å². The average molecular weight is 250 g/mol. The van der Waals surface area contributed by atoms with E-state index in [-0.39, 0.29) is 5.97 Å². The fourth-order valence-corrected chi connectivity index (χ4v) is 1.90. The lowest BCUT2D eigenvalue weighted by molar-refractivity contribution is 0.0600. The van der Waals surface area contributed by atoms with Gasteiger partial charge in [-0.3, -0.25) is 0 Å². The number of nitrogen functional groups attached to an aromatic ring is 1. The quantitative estimate of drug-likeness (QED) is 0.621. The Kier molecular flexibility index (Phi) is 5.65. The number of rotatable bonds is 6. The number of ether oxygens (including phenoxy) is 1. The maximum atomic E-state index is 11.7. The van der Waals surface area contributed by atoms with E-state index in [1.54, 1.807) is 6.07 Å². The lowest BCUT2D eigenvalue weighted by Gasteiger charge is -2.18. The minimum Gasteiger partial charge on any atom is -0.465 e. The van der Waals surface area contributed by atoms with Gasteiger partial charge in [-0.05, 0) is 31.6 Å². The average Bonchev–Trinajstić information content (AvgIpc) is 2.35. The number of methoxy groups -OCH3 is 1. The molecule has 1 aromatic rings. The highest BCUT2D eigenvalue weighted by Crippen LogP contribution is 2.19. The van der Waals surface area contributed by atoms with Crippen LogP contribution in [-0.4, -0.2) is 31.6 Å². The number of carbonyl (C=O) groups excluding carboxylic acids is 1. The maximum absolute atomic E-state index is 11.7. The Morgan fingerprint density at radius 2 is 2.17 bits per heavy atom. The molecule has 0 aliphatic rings. The fourth-order valence-electron chi connectivity index (χ4n) is 1.90. The van der Waals surface area contributed by atoms with Crippen molar-refractivity contribution < 1.29 is 9.53 Å². The second-order valence-corrected chi connectivity index (χ2v) is 4.46. The standard InChI is InChI=1S/C14H22N2O2/c1-4-5-9-16(2)10-11-7-6-8-12(15)13(11)14(17)18-3/h6-8H,4-5,9-10,15H2,1-3H3. The van der Waals surface area contributed by atoms with Crippen molar-refractivity contribution in [3.05, 3.63) is 29.3 Å². The molecule has 1 aromatic carbocycles. The second kappa shape index (κ2) is 7.01. The third-order valence-corrected chi connectivity index (χ3v) is 2.91. The smallest absolute Gasteiger partial charge is 0.340 e. The molecule has 4 heteroatoms. The van der Waals surface area contributed by atoms with Crippen LogP contribution in [0.15, 0.2) is 18.2 Å². The van der Waals surface area contributed by atoms with Crippen LogP contribution in [0.2, 0.25) is 0 Å². The molecule has 0 saturated heterocycles. The molecular weight excluding hydrogens is 228 g/mol. The largest absolute Gasteiger partial charge is 0.465 e. The number of carbonyl (C=O) groups is 1. The van der Waals surface area contributed by atoms with Crippen molar-refractivity contribution >= 4 is 11.7 Å². The van der Waals surface area contributed by atoms with E-state index in [9.17, 15) is 4.79 Å². The van der Waals surface area contributed by atoms with Crippen LogP contribution in [0.4, 0.5) is 5.69 Å². The van der Waals surface area contributed by atoms with E-state index >= 15 is 0 Å². The van der Waals surface area contributed by atoms with E-state index in [1.807, 2.05) is 19.2 Å². The minimum absolute atomic E-state index is 0.369. The zero-order valence-electron chi connectivity index (χ0n) is 11.4. The molecule has 0 fully saturated rings. The van der Waals surface area contributed by atoms with Crippen molar-refractivity contribution in [2.75, 3.05) is 26.4 Å². The second-order valence-electron chi connectivity index (χ2n) is 4.46. The predicted octanol–water partition coefficient (Wildman–Crippen LogP) is 2.29. The molecule has 0 aliphatic carbocycles. The summed E-state index contributed by atoms with van der Waals surface area (Å²) in [5.74, 6) is -0.369. The van der Waals surface area contributed by atoms with Crippen molar-refractivity contribution in [2.24, 2.45) is 0 Å². The van der Waals surface area contributed by atoms with Crippen molar-refractivity contribution in [3.8, 4) is 0 Å². The number of benzene rings is 1. The Bertz CT molecular complexity index is 405. The number of hydrogen-bond acceptors (Lipinski definition) is 4. The third kappa shape index (κ3) is 3.74. The number of unbranched alkanes of at least 4 members (excludes halogenated alkanes) is 1. The van der Waals surface area contributed by atoms with Gasteiger partial charge in [-0.15, -0.1) is 0 Å². The third-order valence-electron chi connectivity index (χ3n) is 2.91. The maximum Gasteiger partial charge on any atom is 0.340 e. The zero-order chi connectivity index (χ0) is 13.5. The van der Waals surface area contributed by atoms with Crippen LogP contribution < -0.4 is 5.73 Å². The van der Waals surface area contributed by atoms with Crippen LogP contribution in [0, 0.1) is 0 Å². The highest BCUT2D eigenvalue weighted by Gasteiger charge is 2.16. The normalized spacial score (nSPS) is 10.7. The Balaban J connectivity index is 2.88. The molecule has 0 heterocycles. The summed E-state index contributed by atoms with van der Waals surface area (Å²) in [7, 11) is 3.42. The first-order valence-electron chi connectivity index (χ1n) is 6.24. The molecule has 2 N–H and O–H groups in total. The Morgan fingerprint density at radius 3 is 2.78 bits per heavy atom. The Hall–Kier alpha value is -1.55. The molecule has 0 unspecified atom stereocenters. The van der Waals surface area contributed by atoms with E-state index < -0.39 is 0 Å². The summed E-state index contributed by atoms with van der Waals surface area (Å²) in [6, 6.07) is 5.51. The molecular formula is C14H22N2O2. The highest BCUT2D eigenvalue weighted by atomic mass is 16.5. The topological polar surface area (TPSA) is 55.6 Å². The monoisotopic (exact) mass is 250 g/mol. The van der Waals surface area contributed by atoms with Crippen molar-refractivity contribution in [1.82, 2.24) is 4.90 Å². The summed E-state index contributed by atoms with van der Waals surface area (Å²) >= 11 is 0. The number of nitrogens with two attached hydrogens (primary N) is 1. The first-order chi connectivity index (χ1) is 8.60. The molecule has 0 aliphatic heterocycles. The minimum atomic E-state index is -0.369. The summed E-state index contributed by atoms with van der Waals surface area (Å²) in [4.78, 5) is 13.9. The van der Waals surface area contributed by atoms with Gasteiger partial charge < -0.3 is 15.4 Å².